The minimum Gasteiger partial charge on any atom is -0.494 e. The third-order valence-corrected chi connectivity index (χ3v) is 4.73. The first kappa shape index (κ1) is 20.7. The van der Waals surface area contributed by atoms with Crippen LogP contribution in [0.25, 0.3) is 0 Å². The summed E-state index contributed by atoms with van der Waals surface area (Å²) in [6.45, 7) is 5.22. The molecule has 3 rings (SSSR count). The molecule has 6 heteroatoms. The molecule has 0 bridgehead atoms. The van der Waals surface area contributed by atoms with Crippen molar-refractivity contribution in [1.29, 1.82) is 0 Å². The SMILES string of the molecule is CCCC(=O)Nc1ccc2c(c1)N(CCCCOc1ccc(C)cc1)C(=O)CO2. The fourth-order valence-corrected chi connectivity index (χ4v) is 3.17. The minimum absolute atomic E-state index is 0.0321. The molecule has 2 amide bonds. The molecule has 0 unspecified atom stereocenters. The van der Waals surface area contributed by atoms with Gasteiger partial charge >= 0.3 is 0 Å². The molecule has 1 aliphatic heterocycles. The van der Waals surface area contributed by atoms with Gasteiger partial charge in [-0.25, -0.2) is 0 Å². The highest BCUT2D eigenvalue weighted by Gasteiger charge is 2.25. The third kappa shape index (κ3) is 5.73. The van der Waals surface area contributed by atoms with E-state index in [-0.39, 0.29) is 18.4 Å². The second-order valence-electron chi connectivity index (χ2n) is 7.18. The quantitative estimate of drug-likeness (QED) is 0.641. The van der Waals surface area contributed by atoms with Crippen LogP contribution in [0.3, 0.4) is 0 Å². The molecule has 1 heterocycles. The van der Waals surface area contributed by atoms with Crippen LogP contribution in [0.2, 0.25) is 0 Å². The summed E-state index contributed by atoms with van der Waals surface area (Å²) < 4.78 is 11.3. The van der Waals surface area contributed by atoms with Crippen molar-refractivity contribution in [3.8, 4) is 11.5 Å². The first-order valence-electron chi connectivity index (χ1n) is 10.1. The van der Waals surface area contributed by atoms with Gasteiger partial charge in [0.1, 0.15) is 11.5 Å². The fraction of sp³-hybridized carbons (Fsp3) is 0.391. The molecule has 0 fully saturated rings. The van der Waals surface area contributed by atoms with Crippen LogP contribution in [-0.4, -0.2) is 31.6 Å². The standard InChI is InChI=1S/C23H28N2O4/c1-3-6-22(26)24-18-9-12-21-20(15-18)25(23(27)16-29-21)13-4-5-14-28-19-10-7-17(2)8-11-19/h7-12,15H,3-6,13-14,16H2,1-2H3,(H,24,26). The highest BCUT2D eigenvalue weighted by atomic mass is 16.5. The minimum atomic E-state index is -0.0750. The molecule has 6 nitrogen and oxygen atoms in total. The van der Waals surface area contributed by atoms with Crippen LogP contribution in [0.15, 0.2) is 42.5 Å². The molecule has 0 atom stereocenters. The number of benzene rings is 2. The van der Waals surface area contributed by atoms with Crippen molar-refractivity contribution in [3.05, 3.63) is 48.0 Å². The summed E-state index contributed by atoms with van der Waals surface area (Å²) in [6.07, 6.45) is 2.90. The summed E-state index contributed by atoms with van der Waals surface area (Å²) in [7, 11) is 0. The predicted molar refractivity (Wildman–Crippen MR) is 114 cm³/mol. The van der Waals surface area contributed by atoms with Crippen LogP contribution in [0.4, 0.5) is 11.4 Å². The number of ether oxygens (including phenoxy) is 2. The van der Waals surface area contributed by atoms with Crippen LogP contribution in [0.5, 0.6) is 11.5 Å². The van der Waals surface area contributed by atoms with Gasteiger partial charge in [0.25, 0.3) is 5.91 Å². The van der Waals surface area contributed by atoms with Crippen LogP contribution >= 0.6 is 0 Å². The second-order valence-corrected chi connectivity index (χ2v) is 7.18. The molecule has 29 heavy (non-hydrogen) atoms. The number of amides is 2. The van der Waals surface area contributed by atoms with E-state index in [1.807, 2.05) is 44.2 Å². The first-order chi connectivity index (χ1) is 14.1. The van der Waals surface area contributed by atoms with Crippen molar-refractivity contribution in [2.24, 2.45) is 0 Å². The second kappa shape index (κ2) is 9.96. The van der Waals surface area contributed by atoms with Gasteiger partial charge < -0.3 is 19.7 Å². The lowest BCUT2D eigenvalue weighted by atomic mass is 10.2. The Balaban J connectivity index is 1.55. The van der Waals surface area contributed by atoms with Crippen LogP contribution in [0.1, 0.15) is 38.2 Å². The number of aryl methyl sites for hydroxylation is 1. The summed E-state index contributed by atoms with van der Waals surface area (Å²) in [4.78, 5) is 26.0. The normalized spacial score (nSPS) is 12.9. The van der Waals surface area contributed by atoms with Crippen molar-refractivity contribution in [2.45, 2.75) is 39.5 Å². The van der Waals surface area contributed by atoms with Gasteiger partial charge in [-0.3, -0.25) is 9.59 Å². The van der Waals surface area contributed by atoms with E-state index in [2.05, 4.69) is 5.32 Å². The topological polar surface area (TPSA) is 67.9 Å². The highest BCUT2D eigenvalue weighted by Crippen LogP contribution is 2.34. The molecule has 0 saturated heterocycles. The van der Waals surface area contributed by atoms with Crippen molar-refractivity contribution in [3.63, 3.8) is 0 Å². The summed E-state index contributed by atoms with van der Waals surface area (Å²) in [5, 5.41) is 2.87. The van der Waals surface area contributed by atoms with Gasteiger partial charge in [0.2, 0.25) is 5.91 Å². The number of hydrogen-bond acceptors (Lipinski definition) is 4. The van der Waals surface area contributed by atoms with Crippen molar-refractivity contribution in [1.82, 2.24) is 0 Å². The molecule has 0 aliphatic carbocycles. The van der Waals surface area contributed by atoms with Gasteiger partial charge in [0.15, 0.2) is 6.61 Å². The van der Waals surface area contributed by atoms with E-state index >= 15 is 0 Å². The van der Waals surface area contributed by atoms with E-state index in [1.54, 1.807) is 17.0 Å². The van der Waals surface area contributed by atoms with E-state index in [4.69, 9.17) is 9.47 Å². The average molecular weight is 396 g/mol. The molecule has 0 radical (unpaired) electrons. The molecule has 1 aliphatic rings. The van der Waals surface area contributed by atoms with E-state index in [0.717, 1.165) is 25.0 Å². The van der Waals surface area contributed by atoms with Crippen LogP contribution < -0.4 is 19.7 Å². The van der Waals surface area contributed by atoms with E-state index in [0.29, 0.717) is 36.7 Å². The number of unbranched alkanes of at least 4 members (excludes halogenated alkanes) is 1. The zero-order valence-electron chi connectivity index (χ0n) is 17.1. The number of fused-ring (bicyclic) bond motifs is 1. The van der Waals surface area contributed by atoms with Gasteiger partial charge in [-0.2, -0.15) is 0 Å². The Bertz CT molecular complexity index is 848. The highest BCUT2D eigenvalue weighted by molar-refractivity contribution is 5.99. The molecule has 154 valence electrons. The van der Waals surface area contributed by atoms with Gasteiger partial charge in [0, 0.05) is 18.7 Å². The number of anilines is 2. The summed E-state index contributed by atoms with van der Waals surface area (Å²) in [6, 6.07) is 13.4. The Kier molecular flexibility index (Phi) is 7.11. The Morgan fingerprint density at radius 1 is 1.17 bits per heavy atom. The summed E-state index contributed by atoms with van der Waals surface area (Å²) in [5.41, 5.74) is 2.58. The number of carbonyl (C=O) groups is 2. The molecular weight excluding hydrogens is 368 g/mol. The van der Waals surface area contributed by atoms with E-state index in [9.17, 15) is 9.59 Å². The van der Waals surface area contributed by atoms with Gasteiger partial charge in [0.05, 0.1) is 12.3 Å². The number of hydrogen-bond donors (Lipinski definition) is 1. The monoisotopic (exact) mass is 396 g/mol. The smallest absolute Gasteiger partial charge is 0.265 e. The number of carbonyl (C=O) groups excluding carboxylic acids is 2. The molecule has 2 aromatic rings. The zero-order chi connectivity index (χ0) is 20.6. The maximum Gasteiger partial charge on any atom is 0.265 e. The fourth-order valence-electron chi connectivity index (χ4n) is 3.17. The molecule has 0 saturated carbocycles. The summed E-state index contributed by atoms with van der Waals surface area (Å²) in [5.74, 6) is 1.41. The Morgan fingerprint density at radius 3 is 2.72 bits per heavy atom. The van der Waals surface area contributed by atoms with Gasteiger partial charge in [-0.15, -0.1) is 0 Å². The molecule has 0 aromatic heterocycles. The number of rotatable bonds is 9. The maximum absolute atomic E-state index is 12.4. The lowest BCUT2D eigenvalue weighted by Gasteiger charge is -2.30. The molecule has 0 spiro atoms. The van der Waals surface area contributed by atoms with Crippen LogP contribution in [-0.2, 0) is 9.59 Å². The van der Waals surface area contributed by atoms with Crippen molar-refractivity contribution >= 4 is 23.2 Å². The zero-order valence-corrected chi connectivity index (χ0v) is 17.1. The number of nitrogens with zero attached hydrogens (tertiary/aromatic N) is 1. The van der Waals surface area contributed by atoms with Crippen LogP contribution in [0, 0.1) is 6.92 Å². The lowest BCUT2D eigenvalue weighted by molar-refractivity contribution is -0.121. The van der Waals surface area contributed by atoms with Gasteiger partial charge in [-0.1, -0.05) is 24.6 Å². The molecular formula is C23H28N2O4. The predicted octanol–water partition coefficient (Wildman–Crippen LogP) is 4.32. The Hall–Kier alpha value is -3.02. The van der Waals surface area contributed by atoms with Gasteiger partial charge in [-0.05, 0) is 56.5 Å². The Morgan fingerprint density at radius 2 is 1.97 bits per heavy atom. The van der Waals surface area contributed by atoms with Crippen molar-refractivity contribution < 1.29 is 19.1 Å². The average Bonchev–Trinajstić information content (AvgIpc) is 2.71. The number of nitrogens with one attached hydrogen (secondary N) is 1. The first-order valence-corrected chi connectivity index (χ1v) is 10.1. The molecule has 2 aromatic carbocycles. The lowest BCUT2D eigenvalue weighted by Crippen LogP contribution is -2.39. The third-order valence-electron chi connectivity index (χ3n) is 4.73. The summed E-state index contributed by atoms with van der Waals surface area (Å²) >= 11 is 0. The van der Waals surface area contributed by atoms with E-state index < -0.39 is 0 Å². The largest absolute Gasteiger partial charge is 0.494 e. The van der Waals surface area contributed by atoms with Crippen molar-refractivity contribution in [2.75, 3.05) is 30.0 Å². The Labute approximate surface area is 171 Å². The molecule has 1 N–H and O–H groups in total. The maximum atomic E-state index is 12.4. The van der Waals surface area contributed by atoms with E-state index in [1.165, 1.54) is 5.56 Å².